The van der Waals surface area contributed by atoms with Gasteiger partial charge in [0.15, 0.2) is 5.17 Å². The molecule has 0 aliphatic carbocycles. The highest BCUT2D eigenvalue weighted by molar-refractivity contribution is 8.15. The molecule has 0 saturated heterocycles. The molecule has 1 heterocycles. The maximum Gasteiger partial charge on any atom is 0.173 e. The van der Waals surface area contributed by atoms with Gasteiger partial charge in [0.2, 0.25) is 0 Å². The fraction of sp³-hybridized carbons (Fsp3) is 0.400. The number of aliphatic imine (C=N–C) groups is 1. The summed E-state index contributed by atoms with van der Waals surface area (Å²) in [5.74, 6) is 0. The third kappa shape index (κ3) is 1.66. The third-order valence-corrected chi connectivity index (χ3v) is 2.51. The lowest BCUT2D eigenvalue weighted by Crippen LogP contribution is -2.16. The lowest BCUT2D eigenvalue weighted by atomic mass is 11.0. The minimum absolute atomic E-state index is 1.06. The molecule has 0 atom stereocenters. The third-order valence-electron chi connectivity index (χ3n) is 0.917. The second-order valence-electron chi connectivity index (χ2n) is 1.50. The van der Waals surface area contributed by atoms with Gasteiger partial charge in [-0.2, -0.15) is 0 Å². The normalized spacial score (nSPS) is 18.0. The molecule has 0 radical (unpaired) electrons. The molecule has 9 heavy (non-hydrogen) atoms. The van der Waals surface area contributed by atoms with Gasteiger partial charge in [0.05, 0.1) is 0 Å². The number of thioether (sulfide) groups is 1. The van der Waals surface area contributed by atoms with Gasteiger partial charge in [-0.15, -0.1) is 0 Å². The van der Waals surface area contributed by atoms with E-state index in [1.54, 1.807) is 23.7 Å². The maximum absolute atomic E-state index is 4.13. The summed E-state index contributed by atoms with van der Waals surface area (Å²) in [6, 6.07) is 0. The van der Waals surface area contributed by atoms with E-state index in [1.807, 2.05) is 29.2 Å². The van der Waals surface area contributed by atoms with Gasteiger partial charge in [0.1, 0.15) is 0 Å². The van der Waals surface area contributed by atoms with Crippen LogP contribution in [0, 0.1) is 0 Å². The van der Waals surface area contributed by atoms with Crippen LogP contribution in [0.25, 0.3) is 0 Å². The van der Waals surface area contributed by atoms with Crippen LogP contribution in [-0.2, 0) is 0 Å². The van der Waals surface area contributed by atoms with Crippen molar-refractivity contribution in [2.45, 2.75) is 0 Å². The molecule has 1 aliphatic heterocycles. The first-order valence-electron chi connectivity index (χ1n) is 2.52. The summed E-state index contributed by atoms with van der Waals surface area (Å²) >= 11 is 3.31. The largest absolute Gasteiger partial charge is 0.295 e. The number of hydrogen-bond acceptors (Lipinski definition) is 4. The highest BCUT2D eigenvalue weighted by atomic mass is 32.2. The van der Waals surface area contributed by atoms with Crippen molar-refractivity contribution >= 4 is 28.9 Å². The Bertz CT molecular complexity index is 153. The van der Waals surface area contributed by atoms with E-state index < -0.39 is 0 Å². The molecule has 0 bridgehead atoms. The molecule has 0 saturated carbocycles. The fourth-order valence-electron chi connectivity index (χ4n) is 0.520. The van der Waals surface area contributed by atoms with Crippen LogP contribution in [0.5, 0.6) is 0 Å². The average Bonchev–Trinajstić information content (AvgIpc) is 1.89. The zero-order chi connectivity index (χ0) is 6.69. The zero-order valence-corrected chi connectivity index (χ0v) is 7.00. The van der Waals surface area contributed by atoms with Gasteiger partial charge in [-0.3, -0.25) is 4.31 Å². The molecule has 0 aromatic carbocycles. The first-order chi connectivity index (χ1) is 4.34. The number of hydrogen-bond donors (Lipinski definition) is 0. The smallest absolute Gasteiger partial charge is 0.173 e. The Morgan fingerprint density at radius 2 is 2.56 bits per heavy atom. The van der Waals surface area contributed by atoms with E-state index in [0.717, 1.165) is 5.17 Å². The van der Waals surface area contributed by atoms with Crippen molar-refractivity contribution in [1.29, 1.82) is 0 Å². The van der Waals surface area contributed by atoms with Crippen molar-refractivity contribution in [3.8, 4) is 0 Å². The molecular formula is C5H8N2S2. The molecule has 0 fully saturated rings. The molecule has 50 valence electrons. The Kier molecular flexibility index (Phi) is 2.48. The second kappa shape index (κ2) is 3.17. The van der Waals surface area contributed by atoms with E-state index in [1.165, 1.54) is 0 Å². The van der Waals surface area contributed by atoms with Crippen molar-refractivity contribution in [3.05, 3.63) is 11.6 Å². The van der Waals surface area contributed by atoms with Crippen LogP contribution in [0.4, 0.5) is 0 Å². The van der Waals surface area contributed by atoms with Gasteiger partial charge >= 0.3 is 0 Å². The molecule has 0 aromatic heterocycles. The quantitative estimate of drug-likeness (QED) is 0.502. The minimum atomic E-state index is 1.06. The van der Waals surface area contributed by atoms with E-state index in [2.05, 4.69) is 4.99 Å². The van der Waals surface area contributed by atoms with Crippen LogP contribution < -0.4 is 0 Å². The summed E-state index contributed by atoms with van der Waals surface area (Å²) in [4.78, 5) is 4.13. The van der Waals surface area contributed by atoms with Crippen LogP contribution in [0.1, 0.15) is 0 Å². The monoisotopic (exact) mass is 160 g/mol. The summed E-state index contributed by atoms with van der Waals surface area (Å²) in [7, 11) is 2.00. The van der Waals surface area contributed by atoms with Crippen molar-refractivity contribution in [2.75, 3.05) is 13.3 Å². The first-order valence-corrected chi connectivity index (χ1v) is 4.58. The van der Waals surface area contributed by atoms with Crippen LogP contribution in [0.2, 0.25) is 0 Å². The number of amidine groups is 1. The Labute approximate surface area is 63.5 Å². The Hall–Kier alpha value is -0.0900. The Morgan fingerprint density at radius 1 is 1.78 bits per heavy atom. The molecule has 1 rings (SSSR count). The summed E-state index contributed by atoms with van der Waals surface area (Å²) in [6.45, 7) is 0. The van der Waals surface area contributed by atoms with Crippen LogP contribution in [0.3, 0.4) is 0 Å². The predicted molar refractivity (Wildman–Crippen MR) is 45.4 cm³/mol. The lowest BCUT2D eigenvalue weighted by Gasteiger charge is -2.17. The Morgan fingerprint density at radius 3 is 3.00 bits per heavy atom. The first kappa shape index (κ1) is 7.02. The molecule has 0 spiro atoms. The second-order valence-corrected chi connectivity index (χ2v) is 3.31. The summed E-state index contributed by atoms with van der Waals surface area (Å²) in [6.07, 6.45) is 3.84. The highest BCUT2D eigenvalue weighted by Crippen LogP contribution is 2.18. The van der Waals surface area contributed by atoms with Gasteiger partial charge < -0.3 is 0 Å². The van der Waals surface area contributed by atoms with Gasteiger partial charge in [0, 0.05) is 18.7 Å². The van der Waals surface area contributed by atoms with Crippen LogP contribution in [0.15, 0.2) is 16.6 Å². The zero-order valence-electron chi connectivity index (χ0n) is 5.37. The van der Waals surface area contributed by atoms with Gasteiger partial charge in [-0.05, 0) is 18.2 Å². The molecule has 4 heteroatoms. The maximum atomic E-state index is 4.13. The SMILES string of the molecule is CSC1=NC=CSN1C. The van der Waals surface area contributed by atoms with Gasteiger partial charge in [-0.25, -0.2) is 4.99 Å². The molecule has 2 nitrogen and oxygen atoms in total. The van der Waals surface area contributed by atoms with Gasteiger partial charge in [-0.1, -0.05) is 11.8 Å². The standard InChI is InChI=1S/C5H8N2S2/c1-7-5(8-2)6-3-4-9-7/h3-4H,1-2H3. The van der Waals surface area contributed by atoms with Crippen molar-refractivity contribution in [3.63, 3.8) is 0 Å². The van der Waals surface area contributed by atoms with E-state index in [-0.39, 0.29) is 0 Å². The van der Waals surface area contributed by atoms with E-state index in [9.17, 15) is 0 Å². The highest BCUT2D eigenvalue weighted by Gasteiger charge is 2.05. The lowest BCUT2D eigenvalue weighted by molar-refractivity contribution is 0.864. The molecule has 0 N–H and O–H groups in total. The topological polar surface area (TPSA) is 15.6 Å². The number of rotatable bonds is 0. The average molecular weight is 160 g/mol. The molecule has 0 unspecified atom stereocenters. The van der Waals surface area contributed by atoms with Crippen molar-refractivity contribution in [2.24, 2.45) is 4.99 Å². The molecular weight excluding hydrogens is 152 g/mol. The van der Waals surface area contributed by atoms with E-state index in [0.29, 0.717) is 0 Å². The minimum Gasteiger partial charge on any atom is -0.295 e. The Balaban J connectivity index is 2.63. The van der Waals surface area contributed by atoms with Crippen LogP contribution in [-0.4, -0.2) is 22.8 Å². The van der Waals surface area contributed by atoms with Crippen LogP contribution >= 0.6 is 23.7 Å². The molecule has 0 amide bonds. The van der Waals surface area contributed by atoms with E-state index >= 15 is 0 Å². The predicted octanol–water partition coefficient (Wildman–Crippen LogP) is 1.77. The molecule has 0 aromatic rings. The number of nitrogens with zero attached hydrogens (tertiary/aromatic N) is 2. The van der Waals surface area contributed by atoms with E-state index in [4.69, 9.17) is 0 Å². The van der Waals surface area contributed by atoms with Gasteiger partial charge in [0.25, 0.3) is 0 Å². The summed E-state index contributed by atoms with van der Waals surface area (Å²) in [5.41, 5.74) is 0. The van der Waals surface area contributed by atoms with Crippen molar-refractivity contribution in [1.82, 2.24) is 4.31 Å². The molecule has 1 aliphatic rings. The summed E-state index contributed by atoms with van der Waals surface area (Å²) in [5, 5.41) is 3.02. The fourth-order valence-corrected chi connectivity index (χ4v) is 1.73. The van der Waals surface area contributed by atoms with Crippen molar-refractivity contribution < 1.29 is 0 Å². The summed E-state index contributed by atoms with van der Waals surface area (Å²) < 4.78 is 2.03.